The summed E-state index contributed by atoms with van der Waals surface area (Å²) in [5, 5.41) is 6.63. The highest BCUT2D eigenvalue weighted by Gasteiger charge is 2.22. The summed E-state index contributed by atoms with van der Waals surface area (Å²) in [6, 6.07) is 25.2. The van der Waals surface area contributed by atoms with Gasteiger partial charge in [0.25, 0.3) is 0 Å². The van der Waals surface area contributed by atoms with E-state index in [1.54, 1.807) is 0 Å². The Morgan fingerprint density at radius 3 is 2.53 bits per heavy atom. The first kappa shape index (κ1) is 21.7. The number of rotatable bonds is 8. The zero-order valence-corrected chi connectivity index (χ0v) is 18.6. The molecule has 0 aliphatic heterocycles. The van der Waals surface area contributed by atoms with Gasteiger partial charge < -0.3 is 15.6 Å². The molecule has 0 radical (unpaired) electrons. The van der Waals surface area contributed by atoms with Crippen LogP contribution in [0.3, 0.4) is 0 Å². The maximum Gasteiger partial charge on any atom is 0.242 e. The first-order valence-corrected chi connectivity index (χ1v) is 11.5. The van der Waals surface area contributed by atoms with Gasteiger partial charge in [0.1, 0.15) is 5.25 Å². The number of H-pyrrole nitrogens is 1. The summed E-state index contributed by atoms with van der Waals surface area (Å²) >= 11 is 1.46. The van der Waals surface area contributed by atoms with Crippen LogP contribution in [-0.4, -0.2) is 16.8 Å². The molecular weight excluding hydrogens is 418 g/mol. The largest absolute Gasteiger partial charge is 0.361 e. The number of thioether (sulfide) groups is 1. The molecule has 0 aliphatic rings. The summed E-state index contributed by atoms with van der Waals surface area (Å²) in [4.78, 5) is 29.4. The lowest BCUT2D eigenvalue weighted by Gasteiger charge is -2.18. The van der Waals surface area contributed by atoms with Gasteiger partial charge in [0.2, 0.25) is 11.8 Å². The molecule has 4 aromatic rings. The number of anilines is 2. The monoisotopic (exact) mass is 443 g/mol. The van der Waals surface area contributed by atoms with E-state index in [2.05, 4.69) is 15.6 Å². The summed E-state index contributed by atoms with van der Waals surface area (Å²) in [5.41, 5.74) is 3.36. The van der Waals surface area contributed by atoms with Crippen LogP contribution in [0, 0.1) is 0 Å². The Bertz CT molecular complexity index is 1220. The molecule has 2 amide bonds. The van der Waals surface area contributed by atoms with Crippen LogP contribution in [-0.2, 0) is 9.59 Å². The first-order valence-electron chi connectivity index (χ1n) is 10.6. The summed E-state index contributed by atoms with van der Waals surface area (Å²) in [6.07, 6.45) is 3.16. The second-order valence-electron chi connectivity index (χ2n) is 7.50. The smallest absolute Gasteiger partial charge is 0.242 e. The van der Waals surface area contributed by atoms with E-state index in [1.165, 1.54) is 11.8 Å². The van der Waals surface area contributed by atoms with Crippen LogP contribution >= 0.6 is 11.8 Å². The van der Waals surface area contributed by atoms with Crippen LogP contribution in [0.2, 0.25) is 0 Å². The molecule has 6 heteroatoms. The van der Waals surface area contributed by atoms with Gasteiger partial charge in [-0.2, -0.15) is 0 Å². The fourth-order valence-corrected chi connectivity index (χ4v) is 4.55. The van der Waals surface area contributed by atoms with Crippen molar-refractivity contribution in [3.63, 3.8) is 0 Å². The Balaban J connectivity index is 1.56. The highest BCUT2D eigenvalue weighted by molar-refractivity contribution is 8.00. The van der Waals surface area contributed by atoms with Gasteiger partial charge in [-0.3, -0.25) is 9.59 Å². The number of benzene rings is 3. The Labute approximate surface area is 191 Å². The summed E-state index contributed by atoms with van der Waals surface area (Å²) in [5.74, 6) is -0.112. The zero-order chi connectivity index (χ0) is 22.3. The highest BCUT2D eigenvalue weighted by Crippen LogP contribution is 2.37. The van der Waals surface area contributed by atoms with Gasteiger partial charge in [-0.1, -0.05) is 49.4 Å². The van der Waals surface area contributed by atoms with Crippen LogP contribution in [0.15, 0.2) is 90.0 Å². The summed E-state index contributed by atoms with van der Waals surface area (Å²) in [6.45, 7) is 1.97. The fourth-order valence-electron chi connectivity index (χ4n) is 3.47. The number of hydrogen-bond donors (Lipinski definition) is 3. The van der Waals surface area contributed by atoms with Crippen molar-refractivity contribution >= 4 is 45.9 Å². The molecule has 0 spiro atoms. The standard InChI is InChI=1S/C26H25N3O2S/c1-2-7-24(30)28-20-10-6-11-22(16-20)32-25(19-8-4-3-5-9-19)26(31)29-21-13-12-18-14-15-27-23(18)17-21/h3-6,8-17,25,27H,2,7H2,1H3,(H,28,30)(H,29,31). The van der Waals surface area contributed by atoms with Crippen LogP contribution < -0.4 is 10.6 Å². The van der Waals surface area contributed by atoms with Gasteiger partial charge in [0.05, 0.1) is 0 Å². The van der Waals surface area contributed by atoms with Crippen LogP contribution in [0.1, 0.15) is 30.6 Å². The van der Waals surface area contributed by atoms with Crippen molar-refractivity contribution in [1.82, 2.24) is 4.98 Å². The Kier molecular flexibility index (Phi) is 6.92. The van der Waals surface area contributed by atoms with E-state index >= 15 is 0 Å². The minimum absolute atomic E-state index is 0.00767. The third-order valence-electron chi connectivity index (χ3n) is 5.01. The van der Waals surface area contributed by atoms with Gasteiger partial charge in [0.15, 0.2) is 0 Å². The average molecular weight is 444 g/mol. The fraction of sp³-hybridized carbons (Fsp3) is 0.154. The number of carbonyl (C=O) groups excluding carboxylic acids is 2. The molecule has 0 aliphatic carbocycles. The van der Waals surface area contributed by atoms with E-state index in [4.69, 9.17) is 0 Å². The molecule has 1 unspecified atom stereocenters. The van der Waals surface area contributed by atoms with Crippen LogP contribution in [0.4, 0.5) is 11.4 Å². The number of carbonyl (C=O) groups is 2. The summed E-state index contributed by atoms with van der Waals surface area (Å²) < 4.78 is 0. The third-order valence-corrected chi connectivity index (χ3v) is 6.26. The molecule has 5 nitrogen and oxygen atoms in total. The zero-order valence-electron chi connectivity index (χ0n) is 17.8. The van der Waals surface area contributed by atoms with E-state index in [9.17, 15) is 9.59 Å². The molecule has 1 heterocycles. The summed E-state index contributed by atoms with van der Waals surface area (Å²) in [7, 11) is 0. The van der Waals surface area contributed by atoms with Crippen LogP contribution in [0.25, 0.3) is 10.9 Å². The van der Waals surface area contributed by atoms with Crippen molar-refractivity contribution in [2.75, 3.05) is 10.6 Å². The Morgan fingerprint density at radius 1 is 0.906 bits per heavy atom. The van der Waals surface area contributed by atoms with Gasteiger partial charge in [-0.25, -0.2) is 0 Å². The molecule has 32 heavy (non-hydrogen) atoms. The van der Waals surface area contributed by atoms with E-state index in [0.29, 0.717) is 6.42 Å². The number of nitrogens with one attached hydrogen (secondary N) is 3. The maximum atomic E-state index is 13.3. The predicted molar refractivity (Wildman–Crippen MR) is 132 cm³/mol. The van der Waals surface area contributed by atoms with Gasteiger partial charge in [-0.15, -0.1) is 11.8 Å². The molecule has 3 N–H and O–H groups in total. The average Bonchev–Trinajstić information content (AvgIpc) is 3.26. The van der Waals surface area contributed by atoms with Gasteiger partial charge in [-0.05, 0) is 53.8 Å². The van der Waals surface area contributed by atoms with Crippen molar-refractivity contribution in [1.29, 1.82) is 0 Å². The maximum absolute atomic E-state index is 13.3. The number of amides is 2. The van der Waals surface area contributed by atoms with Crippen molar-refractivity contribution in [3.05, 3.63) is 90.6 Å². The third kappa shape index (κ3) is 5.39. The van der Waals surface area contributed by atoms with E-state index in [1.807, 2.05) is 92.0 Å². The quantitative estimate of drug-likeness (QED) is 0.277. The molecule has 0 saturated carbocycles. The molecule has 1 aromatic heterocycles. The van der Waals surface area contributed by atoms with Gasteiger partial charge in [0, 0.05) is 34.4 Å². The normalized spacial score (nSPS) is 11.8. The number of aromatic amines is 1. The first-order chi connectivity index (χ1) is 15.6. The van der Waals surface area contributed by atoms with Crippen molar-refractivity contribution in [3.8, 4) is 0 Å². The topological polar surface area (TPSA) is 74.0 Å². The molecule has 0 fully saturated rings. The SMILES string of the molecule is CCCC(=O)Nc1cccc(SC(C(=O)Nc2ccc3cc[nH]c3c2)c2ccccc2)c1. The second-order valence-corrected chi connectivity index (χ2v) is 8.68. The second kappa shape index (κ2) is 10.2. The molecule has 162 valence electrons. The van der Waals surface area contributed by atoms with Crippen molar-refractivity contribution < 1.29 is 9.59 Å². The molecule has 0 bridgehead atoms. The molecule has 3 aromatic carbocycles. The Morgan fingerprint density at radius 2 is 1.72 bits per heavy atom. The number of fused-ring (bicyclic) bond motifs is 1. The van der Waals surface area contributed by atoms with E-state index in [0.717, 1.165) is 39.2 Å². The van der Waals surface area contributed by atoms with Crippen LogP contribution in [0.5, 0.6) is 0 Å². The number of hydrogen-bond acceptors (Lipinski definition) is 3. The molecule has 4 rings (SSSR count). The minimum atomic E-state index is -0.447. The molecule has 1 atom stereocenters. The lowest BCUT2D eigenvalue weighted by Crippen LogP contribution is -2.19. The lowest BCUT2D eigenvalue weighted by atomic mass is 10.1. The van der Waals surface area contributed by atoms with Crippen molar-refractivity contribution in [2.24, 2.45) is 0 Å². The van der Waals surface area contributed by atoms with E-state index < -0.39 is 5.25 Å². The predicted octanol–water partition coefficient (Wildman–Crippen LogP) is 6.38. The molecular formula is C26H25N3O2S. The number of aromatic nitrogens is 1. The lowest BCUT2D eigenvalue weighted by molar-refractivity contribution is -0.116. The minimum Gasteiger partial charge on any atom is -0.361 e. The van der Waals surface area contributed by atoms with Crippen molar-refractivity contribution in [2.45, 2.75) is 29.9 Å². The van der Waals surface area contributed by atoms with Gasteiger partial charge >= 0.3 is 0 Å². The molecule has 0 saturated heterocycles. The highest BCUT2D eigenvalue weighted by atomic mass is 32.2. The Hall–Kier alpha value is -3.51. The van der Waals surface area contributed by atoms with E-state index in [-0.39, 0.29) is 11.8 Å².